The number of amides is 2. The first-order chi connectivity index (χ1) is 12.6. The molecular formula is C21H22N2O2S. The molecule has 0 bridgehead atoms. The summed E-state index contributed by atoms with van der Waals surface area (Å²) in [7, 11) is 0. The largest absolute Gasteiger partial charge is 0.323 e. The molecular weight excluding hydrogens is 344 g/mol. The monoisotopic (exact) mass is 366 g/mol. The van der Waals surface area contributed by atoms with Crippen molar-refractivity contribution in [3.05, 3.63) is 59.7 Å². The van der Waals surface area contributed by atoms with Gasteiger partial charge in [-0.2, -0.15) is 0 Å². The third kappa shape index (κ3) is 4.17. The average Bonchev–Trinajstić information content (AvgIpc) is 2.67. The fourth-order valence-corrected chi connectivity index (χ4v) is 3.46. The first-order valence-electron chi connectivity index (χ1n) is 8.67. The van der Waals surface area contributed by atoms with E-state index in [1.807, 2.05) is 55.6 Å². The van der Waals surface area contributed by atoms with E-state index >= 15 is 0 Å². The van der Waals surface area contributed by atoms with Gasteiger partial charge >= 0.3 is 0 Å². The summed E-state index contributed by atoms with van der Waals surface area (Å²) in [5, 5.41) is 2.90. The molecule has 0 saturated heterocycles. The first kappa shape index (κ1) is 18.3. The van der Waals surface area contributed by atoms with Gasteiger partial charge in [-0.1, -0.05) is 12.1 Å². The molecule has 1 N–H and O–H groups in total. The van der Waals surface area contributed by atoms with Crippen molar-refractivity contribution in [2.75, 3.05) is 23.0 Å². The number of anilines is 2. The summed E-state index contributed by atoms with van der Waals surface area (Å²) in [6, 6.07) is 13.8. The number of hydrogen-bond donors (Lipinski definition) is 1. The van der Waals surface area contributed by atoms with E-state index in [0.29, 0.717) is 19.4 Å². The number of nitrogens with one attached hydrogen (secondary N) is 1. The molecule has 4 nitrogen and oxygen atoms in total. The number of rotatable bonds is 5. The molecule has 0 aliphatic carbocycles. The van der Waals surface area contributed by atoms with E-state index in [0.717, 1.165) is 22.5 Å². The molecule has 2 aromatic carbocycles. The number of hydrogen-bond acceptors (Lipinski definition) is 3. The van der Waals surface area contributed by atoms with Gasteiger partial charge in [0.2, 0.25) is 11.8 Å². The second-order valence-corrected chi connectivity index (χ2v) is 6.96. The molecule has 0 fully saturated rings. The van der Waals surface area contributed by atoms with Crippen LogP contribution in [0.5, 0.6) is 0 Å². The van der Waals surface area contributed by atoms with Crippen molar-refractivity contribution >= 4 is 41.0 Å². The van der Waals surface area contributed by atoms with Crippen LogP contribution in [0.3, 0.4) is 0 Å². The molecule has 1 aliphatic rings. The van der Waals surface area contributed by atoms with Gasteiger partial charge in [0.25, 0.3) is 0 Å². The summed E-state index contributed by atoms with van der Waals surface area (Å²) in [5.41, 5.74) is 3.79. The van der Waals surface area contributed by atoms with Gasteiger partial charge in [0, 0.05) is 35.3 Å². The van der Waals surface area contributed by atoms with Gasteiger partial charge in [0.1, 0.15) is 0 Å². The van der Waals surface area contributed by atoms with Crippen molar-refractivity contribution in [3.8, 4) is 0 Å². The van der Waals surface area contributed by atoms with Gasteiger partial charge in [0.15, 0.2) is 0 Å². The summed E-state index contributed by atoms with van der Waals surface area (Å²) in [6.07, 6.45) is 6.60. The Balaban J connectivity index is 1.67. The van der Waals surface area contributed by atoms with Gasteiger partial charge in [0.05, 0.1) is 0 Å². The highest BCUT2D eigenvalue weighted by Gasteiger charge is 2.22. The predicted octanol–water partition coefficient (Wildman–Crippen LogP) is 4.36. The average molecular weight is 366 g/mol. The number of fused-ring (bicyclic) bond motifs is 1. The molecule has 0 aromatic heterocycles. The van der Waals surface area contributed by atoms with Crippen molar-refractivity contribution in [3.63, 3.8) is 0 Å². The van der Waals surface area contributed by atoms with Crippen LogP contribution in [0.25, 0.3) is 6.08 Å². The molecule has 0 saturated carbocycles. The second-order valence-electron chi connectivity index (χ2n) is 6.08. The lowest BCUT2D eigenvalue weighted by Gasteiger charge is -2.28. The van der Waals surface area contributed by atoms with Gasteiger partial charge in [-0.3, -0.25) is 9.59 Å². The van der Waals surface area contributed by atoms with Crippen molar-refractivity contribution in [2.24, 2.45) is 0 Å². The van der Waals surface area contributed by atoms with E-state index in [1.165, 1.54) is 11.0 Å². The lowest BCUT2D eigenvalue weighted by Crippen LogP contribution is -2.34. The Bertz CT molecular complexity index is 844. The zero-order valence-corrected chi connectivity index (χ0v) is 15.8. The Labute approximate surface area is 158 Å². The Hall–Kier alpha value is -2.53. The summed E-state index contributed by atoms with van der Waals surface area (Å²) in [5.74, 6) is -0.00895. The molecule has 1 heterocycles. The smallest absolute Gasteiger partial charge is 0.248 e. The fraction of sp³-hybridized carbons (Fsp3) is 0.238. The van der Waals surface area contributed by atoms with Gasteiger partial charge in [-0.25, -0.2) is 0 Å². The number of carbonyl (C=O) groups is 2. The zero-order valence-electron chi connectivity index (χ0n) is 15.0. The van der Waals surface area contributed by atoms with Crippen LogP contribution in [-0.2, 0) is 16.0 Å². The normalized spacial score (nSPS) is 13.8. The summed E-state index contributed by atoms with van der Waals surface area (Å²) < 4.78 is 0. The first-order valence-corrected chi connectivity index (χ1v) is 9.89. The summed E-state index contributed by atoms with van der Waals surface area (Å²) >= 11 is 1.69. The van der Waals surface area contributed by atoms with E-state index < -0.39 is 0 Å². The molecule has 0 spiro atoms. The van der Waals surface area contributed by atoms with Crippen molar-refractivity contribution in [1.82, 2.24) is 0 Å². The molecule has 0 radical (unpaired) electrons. The van der Waals surface area contributed by atoms with Crippen molar-refractivity contribution in [2.45, 2.75) is 24.7 Å². The number of aryl methyl sites for hydroxylation is 1. The number of thioether (sulfide) groups is 1. The molecule has 2 amide bonds. The Morgan fingerprint density at radius 2 is 1.96 bits per heavy atom. The van der Waals surface area contributed by atoms with Gasteiger partial charge in [-0.15, -0.1) is 11.8 Å². The minimum atomic E-state index is -0.168. The minimum Gasteiger partial charge on any atom is -0.323 e. The maximum absolute atomic E-state index is 12.2. The van der Waals surface area contributed by atoms with Crippen LogP contribution in [0.15, 0.2) is 53.4 Å². The number of nitrogens with zero attached hydrogens (tertiary/aromatic N) is 1. The topological polar surface area (TPSA) is 49.4 Å². The van der Waals surface area contributed by atoms with E-state index in [-0.39, 0.29) is 11.8 Å². The van der Waals surface area contributed by atoms with Crippen LogP contribution >= 0.6 is 11.8 Å². The maximum Gasteiger partial charge on any atom is 0.248 e. The minimum absolute atomic E-state index is 0.159. The summed E-state index contributed by atoms with van der Waals surface area (Å²) in [4.78, 5) is 27.1. The highest BCUT2D eigenvalue weighted by molar-refractivity contribution is 7.98. The molecule has 5 heteroatoms. The SMILES string of the molecule is CCN1C(=O)CCc2cc(NC(=O)/C=C/c3ccc(SC)cc3)ccc21. The third-order valence-corrected chi connectivity index (χ3v) is 5.15. The Kier molecular flexibility index (Phi) is 5.78. The fourth-order valence-electron chi connectivity index (χ4n) is 3.06. The lowest BCUT2D eigenvalue weighted by atomic mass is 10.0. The van der Waals surface area contributed by atoms with Crippen LogP contribution in [0.1, 0.15) is 24.5 Å². The van der Waals surface area contributed by atoms with E-state index in [4.69, 9.17) is 0 Å². The van der Waals surface area contributed by atoms with E-state index in [9.17, 15) is 9.59 Å². The maximum atomic E-state index is 12.2. The van der Waals surface area contributed by atoms with Gasteiger partial charge < -0.3 is 10.2 Å². The third-order valence-electron chi connectivity index (χ3n) is 4.41. The second kappa shape index (κ2) is 8.23. The van der Waals surface area contributed by atoms with E-state index in [1.54, 1.807) is 22.7 Å². The Morgan fingerprint density at radius 3 is 2.65 bits per heavy atom. The highest BCUT2D eigenvalue weighted by atomic mass is 32.2. The molecule has 1 aliphatic heterocycles. The molecule has 0 atom stereocenters. The Morgan fingerprint density at radius 1 is 1.19 bits per heavy atom. The van der Waals surface area contributed by atoms with Crippen LogP contribution in [0, 0.1) is 0 Å². The van der Waals surface area contributed by atoms with Crippen LogP contribution in [-0.4, -0.2) is 24.6 Å². The van der Waals surface area contributed by atoms with Crippen LogP contribution < -0.4 is 10.2 Å². The van der Waals surface area contributed by atoms with E-state index in [2.05, 4.69) is 5.32 Å². The lowest BCUT2D eigenvalue weighted by molar-refractivity contribution is -0.118. The molecule has 3 rings (SSSR count). The molecule has 0 unspecified atom stereocenters. The van der Waals surface area contributed by atoms with Crippen LogP contribution in [0.2, 0.25) is 0 Å². The predicted molar refractivity (Wildman–Crippen MR) is 109 cm³/mol. The van der Waals surface area contributed by atoms with Crippen molar-refractivity contribution < 1.29 is 9.59 Å². The summed E-state index contributed by atoms with van der Waals surface area (Å²) in [6.45, 7) is 2.63. The highest BCUT2D eigenvalue weighted by Crippen LogP contribution is 2.30. The number of benzene rings is 2. The molecule has 2 aromatic rings. The van der Waals surface area contributed by atoms with Gasteiger partial charge in [-0.05, 0) is 67.1 Å². The molecule has 134 valence electrons. The van der Waals surface area contributed by atoms with Crippen molar-refractivity contribution in [1.29, 1.82) is 0 Å². The quantitative estimate of drug-likeness (QED) is 0.632. The number of carbonyl (C=O) groups excluding carboxylic acids is 2. The van der Waals surface area contributed by atoms with Crippen LogP contribution in [0.4, 0.5) is 11.4 Å². The standard InChI is InChI=1S/C21H22N2O2S/c1-3-23-19-11-8-17(14-16(19)7-13-21(23)25)22-20(24)12-6-15-4-9-18(26-2)10-5-15/h4-6,8-12,14H,3,7,13H2,1-2H3,(H,22,24)/b12-6+. The zero-order chi connectivity index (χ0) is 18.5. The molecule has 26 heavy (non-hydrogen) atoms.